The van der Waals surface area contributed by atoms with Crippen LogP contribution in [0.15, 0.2) is 72.8 Å². The van der Waals surface area contributed by atoms with E-state index in [1.54, 1.807) is 7.11 Å². The topological polar surface area (TPSA) is 67.4 Å². The Balaban J connectivity index is 1.95. The zero-order chi connectivity index (χ0) is 22.2. The maximum Gasteiger partial charge on any atom is 0.235 e. The van der Waals surface area contributed by atoms with Crippen molar-refractivity contribution in [2.24, 2.45) is 0 Å². The minimum absolute atomic E-state index is 0.0206. The number of ether oxygens (including phenoxy) is 1. The molecule has 2 amide bonds. The van der Waals surface area contributed by atoms with E-state index >= 15 is 0 Å². The Morgan fingerprint density at radius 1 is 0.710 bits per heavy atom. The first kappa shape index (κ1) is 23.0. The maximum atomic E-state index is 11.6. The van der Waals surface area contributed by atoms with Crippen LogP contribution in [0.25, 0.3) is 0 Å². The molecular formula is C24H22Br2N2O3. The number of benzene rings is 3. The van der Waals surface area contributed by atoms with Crippen LogP contribution >= 0.6 is 31.9 Å². The Bertz CT molecular complexity index is 959. The van der Waals surface area contributed by atoms with Gasteiger partial charge < -0.3 is 15.4 Å². The lowest BCUT2D eigenvalue weighted by Crippen LogP contribution is -2.13. The summed E-state index contributed by atoms with van der Waals surface area (Å²) < 4.78 is 5.30. The second kappa shape index (κ2) is 11.1. The number of hydrogen-bond donors (Lipinski definition) is 2. The van der Waals surface area contributed by atoms with E-state index in [-0.39, 0.29) is 28.4 Å². The number of anilines is 2. The van der Waals surface area contributed by atoms with Gasteiger partial charge in [0.2, 0.25) is 11.8 Å². The molecule has 2 N–H and O–H groups in total. The third-order valence-electron chi connectivity index (χ3n) is 4.75. The molecule has 0 atom stereocenters. The predicted octanol–water partition coefficient (Wildman–Crippen LogP) is 5.54. The van der Waals surface area contributed by atoms with Crippen molar-refractivity contribution in [3.63, 3.8) is 0 Å². The highest BCUT2D eigenvalue weighted by Crippen LogP contribution is 2.34. The van der Waals surface area contributed by atoms with Crippen LogP contribution in [0.1, 0.15) is 22.6 Å². The lowest BCUT2D eigenvalue weighted by atomic mass is 9.85. The monoisotopic (exact) mass is 544 g/mol. The Labute approximate surface area is 198 Å². The van der Waals surface area contributed by atoms with Crippen molar-refractivity contribution in [1.29, 1.82) is 0 Å². The first-order valence-electron chi connectivity index (χ1n) is 9.59. The molecule has 0 aliphatic rings. The van der Waals surface area contributed by atoms with Crippen LogP contribution < -0.4 is 15.4 Å². The molecule has 0 aliphatic carbocycles. The van der Waals surface area contributed by atoms with Crippen LogP contribution in [0, 0.1) is 0 Å². The van der Waals surface area contributed by atoms with Gasteiger partial charge in [0.1, 0.15) is 5.75 Å². The number of carbonyl (C=O) groups is 2. The molecule has 0 heterocycles. The minimum Gasteiger partial charge on any atom is -0.497 e. The number of rotatable bonds is 8. The molecule has 0 aliphatic heterocycles. The molecule has 0 saturated carbocycles. The third-order valence-corrected chi connectivity index (χ3v) is 5.77. The second-order valence-corrected chi connectivity index (χ2v) is 7.94. The smallest absolute Gasteiger partial charge is 0.235 e. The summed E-state index contributed by atoms with van der Waals surface area (Å²) in [5, 5.41) is 6.18. The molecule has 3 rings (SSSR count). The molecule has 5 nitrogen and oxygen atoms in total. The normalized spacial score (nSPS) is 10.6. The average molecular weight is 546 g/mol. The van der Waals surface area contributed by atoms with Crippen molar-refractivity contribution < 1.29 is 14.3 Å². The Morgan fingerprint density at radius 3 is 1.39 bits per heavy atom. The molecular weight excluding hydrogens is 524 g/mol. The average Bonchev–Trinajstić information content (AvgIpc) is 2.81. The highest BCUT2D eigenvalue weighted by Gasteiger charge is 2.17. The Hall–Kier alpha value is -2.64. The van der Waals surface area contributed by atoms with Crippen LogP contribution in [-0.4, -0.2) is 29.6 Å². The van der Waals surface area contributed by atoms with Crippen molar-refractivity contribution in [3.8, 4) is 5.75 Å². The van der Waals surface area contributed by atoms with Crippen molar-refractivity contribution >= 4 is 55.0 Å². The van der Waals surface area contributed by atoms with E-state index < -0.39 is 0 Å². The van der Waals surface area contributed by atoms with Gasteiger partial charge in [-0.15, -0.1) is 0 Å². The van der Waals surface area contributed by atoms with E-state index in [0.717, 1.165) is 33.8 Å². The molecule has 0 fully saturated rings. The standard InChI is InChI=1S/C24H22Br2N2O3/c1-31-21-12-6-18(7-13-21)24(16-2-8-19(9-3-16)27-22(29)14-25)17-4-10-20(11-5-17)28-23(30)15-26/h2-13,24H,14-15H2,1H3,(H,27,29)(H,28,30). The molecule has 3 aromatic carbocycles. The van der Waals surface area contributed by atoms with Crippen molar-refractivity contribution in [2.75, 3.05) is 28.4 Å². The maximum absolute atomic E-state index is 11.6. The molecule has 0 bridgehead atoms. The van der Waals surface area contributed by atoms with Crippen LogP contribution in [0.5, 0.6) is 5.75 Å². The quantitative estimate of drug-likeness (QED) is 0.288. The molecule has 3 aromatic rings. The summed E-state index contributed by atoms with van der Waals surface area (Å²) >= 11 is 6.31. The number of alkyl halides is 2. The number of carbonyl (C=O) groups excluding carboxylic acids is 2. The summed E-state index contributed by atoms with van der Waals surface area (Å²) in [5.74, 6) is 0.581. The molecule has 0 unspecified atom stereocenters. The van der Waals surface area contributed by atoms with Gasteiger partial charge in [-0.25, -0.2) is 0 Å². The fourth-order valence-corrected chi connectivity index (χ4v) is 3.56. The highest BCUT2D eigenvalue weighted by atomic mass is 79.9. The van der Waals surface area contributed by atoms with Crippen molar-refractivity contribution in [1.82, 2.24) is 0 Å². The minimum atomic E-state index is -0.0967. The second-order valence-electron chi connectivity index (χ2n) is 6.81. The highest BCUT2D eigenvalue weighted by molar-refractivity contribution is 9.09. The number of nitrogens with one attached hydrogen (secondary N) is 2. The predicted molar refractivity (Wildman–Crippen MR) is 132 cm³/mol. The van der Waals surface area contributed by atoms with E-state index in [9.17, 15) is 9.59 Å². The van der Waals surface area contributed by atoms with Gasteiger partial charge in [0.05, 0.1) is 17.8 Å². The van der Waals surface area contributed by atoms with Gasteiger partial charge in [-0.2, -0.15) is 0 Å². The molecule has 0 saturated heterocycles. The summed E-state index contributed by atoms with van der Waals surface area (Å²) in [5.41, 5.74) is 4.76. The number of hydrogen-bond acceptors (Lipinski definition) is 3. The summed E-state index contributed by atoms with van der Waals surface area (Å²) in [6.07, 6.45) is 0. The Morgan fingerprint density at radius 2 is 1.06 bits per heavy atom. The number of amides is 2. The van der Waals surface area contributed by atoms with Gasteiger partial charge in [-0.05, 0) is 53.1 Å². The van der Waals surface area contributed by atoms with Gasteiger partial charge in [-0.3, -0.25) is 9.59 Å². The fraction of sp³-hybridized carbons (Fsp3) is 0.167. The van der Waals surface area contributed by atoms with Crippen LogP contribution in [0.3, 0.4) is 0 Å². The SMILES string of the molecule is COc1ccc(C(c2ccc(NC(=O)CBr)cc2)c2ccc(NC(=O)CBr)cc2)cc1. The first-order valence-corrected chi connectivity index (χ1v) is 11.8. The Kier molecular flexibility index (Phi) is 8.26. The van der Waals surface area contributed by atoms with Crippen molar-refractivity contribution in [3.05, 3.63) is 89.5 Å². The molecule has 0 radical (unpaired) electrons. The summed E-state index contributed by atoms with van der Waals surface area (Å²) in [4.78, 5) is 23.3. The van der Waals surface area contributed by atoms with Gasteiger partial charge in [0.15, 0.2) is 0 Å². The van der Waals surface area contributed by atoms with Gasteiger partial charge in [0, 0.05) is 17.3 Å². The van der Waals surface area contributed by atoms with Gasteiger partial charge >= 0.3 is 0 Å². The van der Waals surface area contributed by atoms with Gasteiger partial charge in [-0.1, -0.05) is 68.3 Å². The number of methoxy groups -OCH3 is 1. The van der Waals surface area contributed by atoms with Gasteiger partial charge in [0.25, 0.3) is 0 Å². The molecule has 0 aromatic heterocycles. The third kappa shape index (κ3) is 6.18. The zero-order valence-corrected chi connectivity index (χ0v) is 20.1. The first-order chi connectivity index (χ1) is 15.0. The molecule has 0 spiro atoms. The van der Waals surface area contributed by atoms with Crippen molar-refractivity contribution in [2.45, 2.75) is 5.92 Å². The van der Waals surface area contributed by atoms with Crippen LogP contribution in [-0.2, 0) is 9.59 Å². The van der Waals surface area contributed by atoms with E-state index in [0.29, 0.717) is 0 Å². The lowest BCUT2D eigenvalue weighted by molar-refractivity contribution is -0.114. The largest absolute Gasteiger partial charge is 0.497 e. The fourth-order valence-electron chi connectivity index (χ4n) is 3.28. The molecule has 160 valence electrons. The van der Waals surface area contributed by atoms with E-state index in [1.165, 1.54) is 0 Å². The molecule has 7 heteroatoms. The van der Waals surface area contributed by atoms with Crippen LogP contribution in [0.4, 0.5) is 11.4 Å². The summed E-state index contributed by atoms with van der Waals surface area (Å²) in [6, 6.07) is 23.6. The van der Waals surface area contributed by atoms with E-state index in [4.69, 9.17) is 4.74 Å². The summed E-state index contributed by atoms with van der Waals surface area (Å²) in [7, 11) is 1.65. The number of halogens is 2. The van der Waals surface area contributed by atoms with E-state index in [1.807, 2.05) is 72.8 Å². The van der Waals surface area contributed by atoms with E-state index in [2.05, 4.69) is 42.5 Å². The van der Waals surface area contributed by atoms with Crippen LogP contribution in [0.2, 0.25) is 0 Å². The zero-order valence-electron chi connectivity index (χ0n) is 16.9. The summed E-state index contributed by atoms with van der Waals surface area (Å²) in [6.45, 7) is 0. The lowest BCUT2D eigenvalue weighted by Gasteiger charge is -2.20. The molecule has 31 heavy (non-hydrogen) atoms.